The molecule has 0 bridgehead atoms. The van der Waals surface area contributed by atoms with Crippen LogP contribution in [0.5, 0.6) is 0 Å². The van der Waals surface area contributed by atoms with E-state index in [0.29, 0.717) is 23.0 Å². The zero-order valence-electron chi connectivity index (χ0n) is 12.1. The Bertz CT molecular complexity index is 660. The van der Waals surface area contributed by atoms with Crippen LogP contribution in [-0.2, 0) is 6.54 Å². The fraction of sp³-hybridized carbons (Fsp3) is 0.438. The molecule has 112 valence electrons. The van der Waals surface area contributed by atoms with E-state index in [1.165, 1.54) is 6.07 Å². The summed E-state index contributed by atoms with van der Waals surface area (Å²) in [7, 11) is 0. The van der Waals surface area contributed by atoms with E-state index in [9.17, 15) is 8.78 Å². The minimum Gasteiger partial charge on any atom is -0.383 e. The van der Waals surface area contributed by atoms with Gasteiger partial charge >= 0.3 is 0 Å². The van der Waals surface area contributed by atoms with Crippen molar-refractivity contribution in [1.82, 2.24) is 9.55 Å². The second kappa shape index (κ2) is 5.47. The predicted octanol–water partition coefficient (Wildman–Crippen LogP) is 4.09. The zero-order chi connectivity index (χ0) is 15.0. The van der Waals surface area contributed by atoms with E-state index in [2.05, 4.69) is 11.9 Å². The predicted molar refractivity (Wildman–Crippen MR) is 78.9 cm³/mol. The van der Waals surface area contributed by atoms with E-state index >= 15 is 0 Å². The summed E-state index contributed by atoms with van der Waals surface area (Å²) in [5.41, 5.74) is 7.31. The van der Waals surface area contributed by atoms with Gasteiger partial charge in [-0.15, -0.1) is 0 Å². The number of nitrogens with zero attached hydrogens (tertiary/aromatic N) is 2. The molecule has 1 saturated carbocycles. The van der Waals surface area contributed by atoms with Gasteiger partial charge in [0.2, 0.25) is 0 Å². The Hall–Kier alpha value is -1.91. The highest BCUT2D eigenvalue weighted by Crippen LogP contribution is 2.42. The Morgan fingerprint density at radius 3 is 2.67 bits per heavy atom. The Labute approximate surface area is 122 Å². The molecule has 3 nitrogen and oxygen atoms in total. The summed E-state index contributed by atoms with van der Waals surface area (Å²) in [6.45, 7) is 2.95. The van der Waals surface area contributed by atoms with Crippen LogP contribution in [0, 0.1) is 11.6 Å². The molecule has 0 saturated heterocycles. The van der Waals surface area contributed by atoms with Gasteiger partial charge in [-0.3, -0.25) is 0 Å². The van der Waals surface area contributed by atoms with E-state index in [-0.39, 0.29) is 0 Å². The van der Waals surface area contributed by atoms with Crippen molar-refractivity contribution in [3.05, 3.63) is 35.7 Å². The summed E-state index contributed by atoms with van der Waals surface area (Å²) in [6.07, 6.45) is 4.35. The molecule has 0 atom stereocenters. The first kappa shape index (κ1) is 14.0. The topological polar surface area (TPSA) is 43.8 Å². The Morgan fingerprint density at radius 2 is 2.05 bits per heavy atom. The van der Waals surface area contributed by atoms with Gasteiger partial charge in [0.05, 0.1) is 0 Å². The summed E-state index contributed by atoms with van der Waals surface area (Å²) >= 11 is 0. The van der Waals surface area contributed by atoms with Gasteiger partial charge in [-0.2, -0.15) is 0 Å². The molecule has 0 unspecified atom stereocenters. The third kappa shape index (κ3) is 2.64. The fourth-order valence-electron chi connectivity index (χ4n) is 2.54. The van der Waals surface area contributed by atoms with Crippen molar-refractivity contribution in [2.45, 2.75) is 45.1 Å². The number of hydrogen-bond donors (Lipinski definition) is 1. The second-order valence-corrected chi connectivity index (χ2v) is 5.61. The molecule has 2 N–H and O–H groups in total. The highest BCUT2D eigenvalue weighted by Gasteiger charge is 2.31. The number of halogens is 2. The molecule has 1 aromatic heterocycles. The van der Waals surface area contributed by atoms with Gasteiger partial charge in [0, 0.05) is 18.0 Å². The van der Waals surface area contributed by atoms with Gasteiger partial charge in [-0.25, -0.2) is 13.8 Å². The third-order valence-corrected chi connectivity index (χ3v) is 3.91. The van der Waals surface area contributed by atoms with E-state index < -0.39 is 11.6 Å². The van der Waals surface area contributed by atoms with E-state index in [1.807, 2.05) is 4.57 Å². The first-order valence-corrected chi connectivity index (χ1v) is 7.43. The number of rotatable bonds is 5. The number of unbranched alkanes of at least 4 members (excludes halogenated alkanes) is 1. The SMILES string of the molecule is CCCCn1c(C2CC2)nc(-c2ccc(F)c(F)c2)c1N. The first-order valence-electron chi connectivity index (χ1n) is 7.43. The van der Waals surface area contributed by atoms with Crippen LogP contribution in [0.25, 0.3) is 11.3 Å². The summed E-state index contributed by atoms with van der Waals surface area (Å²) in [6, 6.07) is 3.80. The lowest BCUT2D eigenvalue weighted by Crippen LogP contribution is -2.06. The Kier molecular flexibility index (Phi) is 3.66. The van der Waals surface area contributed by atoms with Crippen LogP contribution in [0.4, 0.5) is 14.6 Å². The van der Waals surface area contributed by atoms with E-state index in [4.69, 9.17) is 5.73 Å². The molecule has 1 aliphatic carbocycles. The molecule has 0 radical (unpaired) electrons. The Balaban J connectivity index is 2.03. The van der Waals surface area contributed by atoms with Gasteiger partial charge in [0.1, 0.15) is 17.3 Å². The lowest BCUT2D eigenvalue weighted by molar-refractivity contribution is 0.509. The maximum atomic E-state index is 13.4. The largest absolute Gasteiger partial charge is 0.383 e. The van der Waals surface area contributed by atoms with Crippen LogP contribution in [0.15, 0.2) is 18.2 Å². The third-order valence-electron chi connectivity index (χ3n) is 3.91. The quantitative estimate of drug-likeness (QED) is 0.901. The Morgan fingerprint density at radius 1 is 1.29 bits per heavy atom. The molecule has 1 heterocycles. The minimum atomic E-state index is -0.872. The number of nitrogen functional groups attached to an aromatic ring is 1. The highest BCUT2D eigenvalue weighted by atomic mass is 19.2. The van der Waals surface area contributed by atoms with Crippen molar-refractivity contribution in [2.75, 3.05) is 5.73 Å². The summed E-state index contributed by atoms with van der Waals surface area (Å²) in [5.74, 6) is 0.272. The fourth-order valence-corrected chi connectivity index (χ4v) is 2.54. The standard InChI is InChI=1S/C16H19F2N3/c1-2-3-8-21-15(19)14(20-16(21)10-4-5-10)11-6-7-12(17)13(18)9-11/h6-7,9-10H,2-5,8,19H2,1H3. The number of nitrogens with two attached hydrogens (primary N) is 1. The molecule has 0 spiro atoms. The van der Waals surface area contributed by atoms with Gasteiger partial charge in [-0.1, -0.05) is 13.3 Å². The van der Waals surface area contributed by atoms with Crippen LogP contribution in [-0.4, -0.2) is 9.55 Å². The number of aromatic nitrogens is 2. The van der Waals surface area contributed by atoms with Crippen LogP contribution >= 0.6 is 0 Å². The molecule has 1 aliphatic rings. The second-order valence-electron chi connectivity index (χ2n) is 5.61. The molecule has 5 heteroatoms. The normalized spacial score (nSPS) is 14.6. The molecule has 3 rings (SSSR count). The van der Waals surface area contributed by atoms with Gasteiger partial charge in [0.25, 0.3) is 0 Å². The highest BCUT2D eigenvalue weighted by molar-refractivity contribution is 5.71. The summed E-state index contributed by atoms with van der Waals surface area (Å²) in [4.78, 5) is 4.61. The summed E-state index contributed by atoms with van der Waals surface area (Å²) in [5, 5.41) is 0. The number of benzene rings is 1. The van der Waals surface area contributed by atoms with Crippen LogP contribution < -0.4 is 5.73 Å². The number of anilines is 1. The molecular weight excluding hydrogens is 272 g/mol. The van der Waals surface area contributed by atoms with Crippen molar-refractivity contribution in [3.8, 4) is 11.3 Å². The van der Waals surface area contributed by atoms with Crippen molar-refractivity contribution in [2.24, 2.45) is 0 Å². The van der Waals surface area contributed by atoms with E-state index in [0.717, 1.165) is 50.2 Å². The van der Waals surface area contributed by atoms with Crippen LogP contribution in [0.2, 0.25) is 0 Å². The molecule has 1 aromatic carbocycles. The van der Waals surface area contributed by atoms with Crippen molar-refractivity contribution < 1.29 is 8.78 Å². The van der Waals surface area contributed by atoms with Gasteiger partial charge in [0.15, 0.2) is 11.6 Å². The maximum absolute atomic E-state index is 13.4. The molecule has 0 aliphatic heterocycles. The van der Waals surface area contributed by atoms with Gasteiger partial charge in [-0.05, 0) is 37.5 Å². The molecule has 1 fully saturated rings. The molecule has 2 aromatic rings. The average Bonchev–Trinajstić information content (AvgIpc) is 3.25. The van der Waals surface area contributed by atoms with Gasteiger partial charge < -0.3 is 10.3 Å². The van der Waals surface area contributed by atoms with E-state index in [1.54, 1.807) is 0 Å². The first-order chi connectivity index (χ1) is 10.1. The zero-order valence-corrected chi connectivity index (χ0v) is 12.1. The smallest absolute Gasteiger partial charge is 0.159 e. The monoisotopic (exact) mass is 291 g/mol. The van der Waals surface area contributed by atoms with Crippen LogP contribution in [0.3, 0.4) is 0 Å². The lowest BCUT2D eigenvalue weighted by Gasteiger charge is -2.08. The number of hydrogen-bond acceptors (Lipinski definition) is 2. The van der Waals surface area contributed by atoms with Crippen LogP contribution in [0.1, 0.15) is 44.3 Å². The maximum Gasteiger partial charge on any atom is 0.159 e. The average molecular weight is 291 g/mol. The summed E-state index contributed by atoms with van der Waals surface area (Å²) < 4.78 is 28.5. The van der Waals surface area contributed by atoms with Crippen molar-refractivity contribution in [3.63, 3.8) is 0 Å². The van der Waals surface area contributed by atoms with Crippen molar-refractivity contribution >= 4 is 5.82 Å². The number of imidazole rings is 1. The molecular formula is C16H19F2N3. The lowest BCUT2D eigenvalue weighted by atomic mass is 10.1. The molecule has 0 amide bonds. The molecule has 21 heavy (non-hydrogen) atoms. The minimum absolute atomic E-state index is 0.461. The van der Waals surface area contributed by atoms with Crippen molar-refractivity contribution in [1.29, 1.82) is 0 Å².